The molecule has 5 aliphatic carbocycles. The molecule has 0 radical (unpaired) electrons. The summed E-state index contributed by atoms with van der Waals surface area (Å²) in [6, 6.07) is 11.1. The molecule has 2 aromatic carbocycles. The Labute approximate surface area is 266 Å². The van der Waals surface area contributed by atoms with Gasteiger partial charge in [-0.3, -0.25) is 19.8 Å². The van der Waals surface area contributed by atoms with Crippen LogP contribution < -0.4 is 14.9 Å². The number of hydrogen-bond acceptors (Lipinski definition) is 8. The predicted molar refractivity (Wildman–Crippen MR) is 174 cm³/mol. The first-order chi connectivity index (χ1) is 21.7. The van der Waals surface area contributed by atoms with Crippen LogP contribution in [0, 0.1) is 33.8 Å². The maximum atomic E-state index is 13.9. The summed E-state index contributed by atoms with van der Waals surface area (Å²) >= 11 is 0. The van der Waals surface area contributed by atoms with Crippen molar-refractivity contribution in [2.24, 2.45) is 23.7 Å². The Balaban J connectivity index is 1.19. The summed E-state index contributed by atoms with van der Waals surface area (Å²) in [4.78, 5) is 29.6. The van der Waals surface area contributed by atoms with Crippen molar-refractivity contribution in [2.45, 2.75) is 81.1 Å². The van der Waals surface area contributed by atoms with Crippen LogP contribution in [0.2, 0.25) is 0 Å². The van der Waals surface area contributed by atoms with Crippen molar-refractivity contribution in [3.63, 3.8) is 0 Å². The van der Waals surface area contributed by atoms with Crippen molar-refractivity contribution >= 4 is 33.0 Å². The first-order valence-corrected chi connectivity index (χ1v) is 18.4. The zero-order chi connectivity index (χ0) is 31.2. The summed E-state index contributed by atoms with van der Waals surface area (Å²) in [6.45, 7) is 3.06. The summed E-state index contributed by atoms with van der Waals surface area (Å²) in [7, 11) is -4.43. The molecule has 242 valence electrons. The number of carbonyl (C=O) groups excluding carboxylic acids is 1. The van der Waals surface area contributed by atoms with E-state index in [-0.39, 0.29) is 27.4 Å². The smallest absolute Gasteiger partial charge is 0.316 e. The minimum Gasteiger partial charge on any atom is -0.379 e. The molecule has 6 aliphatic rings. The average molecular weight is 636 g/mol. The quantitative estimate of drug-likeness (QED) is 0.262. The highest BCUT2D eigenvalue weighted by Gasteiger charge is 2.54. The molecule has 2 N–H and O–H groups in total. The average Bonchev–Trinajstić information content (AvgIpc) is 3.03. The number of amides is 1. The van der Waals surface area contributed by atoms with E-state index in [4.69, 9.17) is 0 Å². The number of nitro groups is 1. The lowest BCUT2D eigenvalue weighted by atomic mass is 9.52. The van der Waals surface area contributed by atoms with Gasteiger partial charge in [-0.25, -0.2) is 13.1 Å². The summed E-state index contributed by atoms with van der Waals surface area (Å²) in [6.07, 6.45) is 13.5. The van der Waals surface area contributed by atoms with Crippen LogP contribution in [-0.2, 0) is 10.0 Å². The van der Waals surface area contributed by atoms with Gasteiger partial charge in [0.15, 0.2) is 0 Å². The minimum absolute atomic E-state index is 0.0761. The van der Waals surface area contributed by atoms with Crippen molar-refractivity contribution in [1.29, 1.82) is 0 Å². The zero-order valence-electron chi connectivity index (χ0n) is 26.0. The SMILES string of the molecule is O=C(NS(=O)(=O)c1ccc(NCC2CCCCC2)c([N+](=O)[O-])c1N1CCN(C23CC4CC(CC(C4)C2)C3)CC1)c1ccccc1. The molecule has 45 heavy (non-hydrogen) atoms. The van der Waals surface area contributed by atoms with Crippen LogP contribution in [0.15, 0.2) is 47.4 Å². The molecule has 1 heterocycles. The van der Waals surface area contributed by atoms with Crippen LogP contribution in [0.3, 0.4) is 0 Å². The Morgan fingerprint density at radius 2 is 1.51 bits per heavy atom. The number of nitrogens with one attached hydrogen (secondary N) is 2. The fraction of sp³-hybridized carbons (Fsp3) is 0.618. The largest absolute Gasteiger partial charge is 0.379 e. The Hall–Kier alpha value is -3.18. The number of anilines is 2. The van der Waals surface area contributed by atoms with Gasteiger partial charge >= 0.3 is 5.69 Å². The van der Waals surface area contributed by atoms with E-state index in [9.17, 15) is 23.3 Å². The number of benzene rings is 2. The first kappa shape index (κ1) is 30.5. The van der Waals surface area contributed by atoms with E-state index in [0.717, 1.165) is 56.5 Å². The lowest BCUT2D eigenvalue weighted by Crippen LogP contribution is -2.64. The van der Waals surface area contributed by atoms with Crippen LogP contribution in [0.1, 0.15) is 81.0 Å². The Morgan fingerprint density at radius 1 is 0.889 bits per heavy atom. The molecule has 0 aromatic heterocycles. The van der Waals surface area contributed by atoms with Crippen molar-refractivity contribution in [3.8, 4) is 0 Å². The van der Waals surface area contributed by atoms with Gasteiger partial charge in [0.2, 0.25) is 0 Å². The van der Waals surface area contributed by atoms with Gasteiger partial charge in [0, 0.05) is 43.8 Å². The standard InChI is InChI=1S/C34H45N5O5S/c40-33(28-9-5-2-6-10-28)36-45(43,44)30-12-11-29(35-23-24-7-3-1-4-8-24)31(39(41)42)32(30)37-13-15-38(16-14-37)34-20-25-17-26(21-34)19-27(18-25)22-34/h2,5-6,9-12,24-27,35H,1,3-4,7-8,13-23H2,(H,36,40). The number of nitro benzene ring substituents is 1. The van der Waals surface area contributed by atoms with E-state index in [2.05, 4.69) is 14.9 Å². The van der Waals surface area contributed by atoms with Crippen LogP contribution in [0.4, 0.5) is 17.1 Å². The van der Waals surface area contributed by atoms with E-state index >= 15 is 0 Å². The van der Waals surface area contributed by atoms with E-state index in [1.807, 2.05) is 4.90 Å². The second-order valence-corrected chi connectivity index (χ2v) is 16.0. The van der Waals surface area contributed by atoms with Crippen LogP contribution in [0.25, 0.3) is 0 Å². The molecule has 5 saturated carbocycles. The topological polar surface area (TPSA) is 125 Å². The highest BCUT2D eigenvalue weighted by Crippen LogP contribution is 2.58. The number of piperazine rings is 1. The van der Waals surface area contributed by atoms with Crippen molar-refractivity contribution < 1.29 is 18.1 Å². The predicted octanol–water partition coefficient (Wildman–Crippen LogP) is 5.80. The third-order valence-electron chi connectivity index (χ3n) is 11.4. The van der Waals surface area contributed by atoms with E-state index < -0.39 is 20.9 Å². The van der Waals surface area contributed by atoms with Crippen molar-refractivity contribution in [3.05, 3.63) is 58.1 Å². The highest BCUT2D eigenvalue weighted by atomic mass is 32.2. The molecule has 8 rings (SSSR count). The Kier molecular flexibility index (Phi) is 8.27. The molecular formula is C34H45N5O5S. The summed E-state index contributed by atoms with van der Waals surface area (Å²) in [5, 5.41) is 16.1. The molecule has 4 bridgehead atoms. The third kappa shape index (κ3) is 6.05. The van der Waals surface area contributed by atoms with Gasteiger partial charge in [0.1, 0.15) is 16.3 Å². The van der Waals surface area contributed by atoms with E-state index in [0.29, 0.717) is 31.2 Å². The molecule has 0 unspecified atom stereocenters. The fourth-order valence-electron chi connectivity index (χ4n) is 9.74. The highest BCUT2D eigenvalue weighted by molar-refractivity contribution is 7.90. The maximum absolute atomic E-state index is 13.9. The van der Waals surface area contributed by atoms with E-state index in [1.165, 1.54) is 69.2 Å². The molecular weight excluding hydrogens is 590 g/mol. The molecule has 6 fully saturated rings. The molecule has 2 aromatic rings. The molecule has 1 saturated heterocycles. The summed E-state index contributed by atoms with van der Waals surface area (Å²) in [5.41, 5.74) is 0.593. The lowest BCUT2D eigenvalue weighted by Gasteiger charge is -2.61. The van der Waals surface area contributed by atoms with Crippen LogP contribution >= 0.6 is 0 Å². The Morgan fingerprint density at radius 3 is 2.11 bits per heavy atom. The number of rotatable bonds is 9. The van der Waals surface area contributed by atoms with E-state index in [1.54, 1.807) is 18.2 Å². The molecule has 0 atom stereocenters. The lowest BCUT2D eigenvalue weighted by molar-refractivity contribution is -0.383. The van der Waals surface area contributed by atoms with Crippen LogP contribution in [0.5, 0.6) is 0 Å². The second kappa shape index (κ2) is 12.2. The first-order valence-electron chi connectivity index (χ1n) is 16.9. The van der Waals surface area contributed by atoms with Gasteiger partial charge in [0.05, 0.1) is 4.92 Å². The molecule has 1 aliphatic heterocycles. The van der Waals surface area contributed by atoms with Gasteiger partial charge < -0.3 is 10.2 Å². The monoisotopic (exact) mass is 635 g/mol. The number of carbonyl (C=O) groups is 1. The normalized spacial score (nSPS) is 28.6. The number of sulfonamides is 1. The number of nitrogens with zero attached hydrogens (tertiary/aromatic N) is 3. The van der Waals surface area contributed by atoms with Gasteiger partial charge in [-0.05, 0) is 99.3 Å². The van der Waals surface area contributed by atoms with Crippen molar-refractivity contribution in [1.82, 2.24) is 9.62 Å². The van der Waals surface area contributed by atoms with Crippen molar-refractivity contribution in [2.75, 3.05) is 42.9 Å². The second-order valence-electron chi connectivity index (χ2n) is 14.4. The maximum Gasteiger partial charge on any atom is 0.316 e. The molecule has 11 heteroatoms. The molecule has 10 nitrogen and oxygen atoms in total. The molecule has 1 amide bonds. The summed E-state index contributed by atoms with van der Waals surface area (Å²) in [5.74, 6) is 2.10. The zero-order valence-corrected chi connectivity index (χ0v) is 26.8. The minimum atomic E-state index is -4.43. The summed E-state index contributed by atoms with van der Waals surface area (Å²) < 4.78 is 29.9. The van der Waals surface area contributed by atoms with Gasteiger partial charge in [0.25, 0.3) is 15.9 Å². The Bertz CT molecular complexity index is 1500. The van der Waals surface area contributed by atoms with Gasteiger partial charge in [-0.1, -0.05) is 37.5 Å². The van der Waals surface area contributed by atoms with Gasteiger partial charge in [-0.2, -0.15) is 0 Å². The molecule has 0 spiro atoms. The fourth-order valence-corrected chi connectivity index (χ4v) is 10.9. The third-order valence-corrected chi connectivity index (χ3v) is 12.8. The number of hydrogen-bond donors (Lipinski definition) is 2. The van der Waals surface area contributed by atoms with Crippen LogP contribution in [-0.4, -0.2) is 62.4 Å². The van der Waals surface area contributed by atoms with Gasteiger partial charge in [-0.15, -0.1) is 0 Å².